The minimum absolute atomic E-state index is 0.181. The predicted octanol–water partition coefficient (Wildman–Crippen LogP) is 4.10. The van der Waals surface area contributed by atoms with Gasteiger partial charge in [0.15, 0.2) is 5.82 Å². The van der Waals surface area contributed by atoms with Gasteiger partial charge in [0.1, 0.15) is 11.6 Å². The monoisotopic (exact) mass is 300 g/mol. The van der Waals surface area contributed by atoms with Crippen LogP contribution in [0.1, 0.15) is 6.92 Å². The first kappa shape index (κ1) is 13.8. The fraction of sp³-hybridized carbons (Fsp3) is 0.167. The molecular formula is C12H11Cl2FN4. The van der Waals surface area contributed by atoms with Crippen LogP contribution in [-0.2, 0) is 0 Å². The van der Waals surface area contributed by atoms with Crippen molar-refractivity contribution in [1.29, 1.82) is 0 Å². The molecule has 2 N–H and O–H groups in total. The van der Waals surface area contributed by atoms with Gasteiger partial charge in [0.25, 0.3) is 0 Å². The highest BCUT2D eigenvalue weighted by Gasteiger charge is 2.09. The van der Waals surface area contributed by atoms with Crippen molar-refractivity contribution in [3.63, 3.8) is 0 Å². The molecule has 1 aromatic carbocycles. The summed E-state index contributed by atoms with van der Waals surface area (Å²) in [5.74, 6) is 0.601. The van der Waals surface area contributed by atoms with Gasteiger partial charge in [0, 0.05) is 6.54 Å². The summed E-state index contributed by atoms with van der Waals surface area (Å²) in [5, 5.41) is 6.32. The van der Waals surface area contributed by atoms with Gasteiger partial charge in [-0.15, -0.1) is 0 Å². The Bertz CT molecular complexity index is 569. The maximum atomic E-state index is 13.1. The second-order valence-corrected chi connectivity index (χ2v) is 4.50. The Labute approximate surface area is 120 Å². The second-order valence-electron chi connectivity index (χ2n) is 3.69. The molecule has 19 heavy (non-hydrogen) atoms. The van der Waals surface area contributed by atoms with Crippen LogP contribution in [0.3, 0.4) is 0 Å². The van der Waals surface area contributed by atoms with Gasteiger partial charge in [0.2, 0.25) is 0 Å². The molecule has 0 amide bonds. The summed E-state index contributed by atoms with van der Waals surface area (Å²) in [6.45, 7) is 2.69. The SMILES string of the molecule is CCNc1cncc(Nc2c(Cl)cc(F)cc2Cl)n1. The van der Waals surface area contributed by atoms with E-state index in [2.05, 4.69) is 20.6 Å². The summed E-state index contributed by atoms with van der Waals surface area (Å²) in [5.41, 5.74) is 0.396. The molecule has 0 aliphatic heterocycles. The van der Waals surface area contributed by atoms with E-state index in [1.54, 1.807) is 6.20 Å². The fourth-order valence-corrected chi connectivity index (χ4v) is 2.04. The molecule has 0 saturated heterocycles. The Hall–Kier alpha value is -1.59. The summed E-state index contributed by atoms with van der Waals surface area (Å²) in [7, 11) is 0. The molecular weight excluding hydrogens is 290 g/mol. The lowest BCUT2D eigenvalue weighted by Gasteiger charge is -2.10. The van der Waals surface area contributed by atoms with Crippen molar-refractivity contribution in [2.45, 2.75) is 6.92 Å². The molecule has 0 spiro atoms. The summed E-state index contributed by atoms with van der Waals surface area (Å²) in [6.07, 6.45) is 3.12. The highest BCUT2D eigenvalue weighted by atomic mass is 35.5. The van der Waals surface area contributed by atoms with E-state index in [1.165, 1.54) is 18.3 Å². The Morgan fingerprint density at radius 2 is 1.79 bits per heavy atom. The van der Waals surface area contributed by atoms with Gasteiger partial charge in [-0.2, -0.15) is 0 Å². The fourth-order valence-electron chi connectivity index (χ4n) is 1.48. The van der Waals surface area contributed by atoms with E-state index in [1.807, 2.05) is 6.92 Å². The van der Waals surface area contributed by atoms with Crippen LogP contribution in [0.25, 0.3) is 0 Å². The maximum Gasteiger partial charge on any atom is 0.151 e. The van der Waals surface area contributed by atoms with Crippen LogP contribution in [0, 0.1) is 5.82 Å². The van der Waals surface area contributed by atoms with Crippen molar-refractivity contribution >= 4 is 40.5 Å². The lowest BCUT2D eigenvalue weighted by molar-refractivity contribution is 0.628. The minimum Gasteiger partial charge on any atom is -0.369 e. The van der Waals surface area contributed by atoms with E-state index in [0.29, 0.717) is 17.3 Å². The highest BCUT2D eigenvalue weighted by molar-refractivity contribution is 6.39. The third kappa shape index (κ3) is 3.45. The molecule has 1 aromatic heterocycles. The lowest BCUT2D eigenvalue weighted by Crippen LogP contribution is -2.03. The van der Waals surface area contributed by atoms with E-state index < -0.39 is 5.82 Å². The summed E-state index contributed by atoms with van der Waals surface area (Å²) in [4.78, 5) is 8.30. The van der Waals surface area contributed by atoms with Gasteiger partial charge < -0.3 is 10.6 Å². The van der Waals surface area contributed by atoms with Crippen molar-refractivity contribution in [3.8, 4) is 0 Å². The van der Waals surface area contributed by atoms with Crippen molar-refractivity contribution < 1.29 is 4.39 Å². The van der Waals surface area contributed by atoms with Gasteiger partial charge in [-0.25, -0.2) is 9.37 Å². The predicted molar refractivity (Wildman–Crippen MR) is 75.9 cm³/mol. The van der Waals surface area contributed by atoms with E-state index in [-0.39, 0.29) is 10.0 Å². The summed E-state index contributed by atoms with van der Waals surface area (Å²) < 4.78 is 13.1. The van der Waals surface area contributed by atoms with Crippen LogP contribution in [-0.4, -0.2) is 16.5 Å². The normalized spacial score (nSPS) is 10.3. The van der Waals surface area contributed by atoms with Crippen LogP contribution in [0.15, 0.2) is 24.5 Å². The number of aromatic nitrogens is 2. The molecule has 2 aromatic rings. The quantitative estimate of drug-likeness (QED) is 0.892. The van der Waals surface area contributed by atoms with Crippen LogP contribution in [0.4, 0.5) is 21.7 Å². The molecule has 1 heterocycles. The Balaban J connectivity index is 2.28. The van der Waals surface area contributed by atoms with Gasteiger partial charge in [-0.05, 0) is 19.1 Å². The van der Waals surface area contributed by atoms with Gasteiger partial charge in [0.05, 0.1) is 28.1 Å². The molecule has 4 nitrogen and oxygen atoms in total. The number of benzene rings is 1. The van der Waals surface area contributed by atoms with E-state index in [9.17, 15) is 4.39 Å². The molecule has 100 valence electrons. The minimum atomic E-state index is -0.493. The van der Waals surface area contributed by atoms with Crippen molar-refractivity contribution in [1.82, 2.24) is 9.97 Å². The first-order valence-electron chi connectivity index (χ1n) is 5.57. The number of halogens is 3. The zero-order valence-corrected chi connectivity index (χ0v) is 11.6. The van der Waals surface area contributed by atoms with Crippen LogP contribution >= 0.6 is 23.2 Å². The lowest BCUT2D eigenvalue weighted by atomic mass is 10.3. The Kier molecular flexibility index (Phi) is 4.39. The summed E-state index contributed by atoms with van der Waals surface area (Å²) >= 11 is 11.9. The number of nitrogens with one attached hydrogen (secondary N) is 2. The molecule has 0 radical (unpaired) electrons. The van der Waals surface area contributed by atoms with Crippen molar-refractivity contribution in [2.75, 3.05) is 17.2 Å². The van der Waals surface area contributed by atoms with E-state index in [0.717, 1.165) is 6.54 Å². The Morgan fingerprint density at radius 3 is 2.42 bits per heavy atom. The molecule has 0 bridgehead atoms. The molecule has 7 heteroatoms. The smallest absolute Gasteiger partial charge is 0.151 e. The van der Waals surface area contributed by atoms with Gasteiger partial charge in [-0.1, -0.05) is 23.2 Å². The topological polar surface area (TPSA) is 49.8 Å². The van der Waals surface area contributed by atoms with Crippen molar-refractivity contribution in [3.05, 3.63) is 40.4 Å². The van der Waals surface area contributed by atoms with E-state index >= 15 is 0 Å². The van der Waals surface area contributed by atoms with Crippen molar-refractivity contribution in [2.24, 2.45) is 0 Å². The number of rotatable bonds is 4. The number of hydrogen-bond acceptors (Lipinski definition) is 4. The van der Waals surface area contributed by atoms with Crippen LogP contribution < -0.4 is 10.6 Å². The molecule has 0 unspecified atom stereocenters. The average molecular weight is 301 g/mol. The number of hydrogen-bond donors (Lipinski definition) is 2. The summed E-state index contributed by atoms with van der Waals surface area (Å²) in [6, 6.07) is 2.36. The van der Waals surface area contributed by atoms with Crippen LogP contribution in [0.2, 0.25) is 10.0 Å². The first-order chi connectivity index (χ1) is 9.10. The van der Waals surface area contributed by atoms with Gasteiger partial charge in [-0.3, -0.25) is 4.98 Å². The zero-order chi connectivity index (χ0) is 13.8. The average Bonchev–Trinajstić information content (AvgIpc) is 2.35. The number of anilines is 3. The van der Waals surface area contributed by atoms with Gasteiger partial charge >= 0.3 is 0 Å². The third-order valence-corrected chi connectivity index (χ3v) is 2.85. The maximum absolute atomic E-state index is 13.1. The standard InChI is InChI=1S/C12H11Cl2FN4/c1-2-17-10-5-16-6-11(18-10)19-12-8(13)3-7(15)4-9(12)14/h3-6H,2H2,1H3,(H2,17,18,19). The molecule has 2 rings (SSSR count). The Morgan fingerprint density at radius 1 is 1.16 bits per heavy atom. The molecule has 0 aliphatic rings. The largest absolute Gasteiger partial charge is 0.369 e. The highest BCUT2D eigenvalue weighted by Crippen LogP contribution is 2.33. The van der Waals surface area contributed by atoms with E-state index in [4.69, 9.17) is 23.2 Å². The molecule has 0 atom stereocenters. The second kappa shape index (κ2) is 6.04. The third-order valence-electron chi connectivity index (χ3n) is 2.25. The first-order valence-corrected chi connectivity index (χ1v) is 6.33. The van der Waals surface area contributed by atoms with Crippen LogP contribution in [0.5, 0.6) is 0 Å². The molecule has 0 fully saturated rings. The molecule has 0 aliphatic carbocycles. The number of nitrogens with zero attached hydrogens (tertiary/aromatic N) is 2. The zero-order valence-electron chi connectivity index (χ0n) is 10.0. The molecule has 0 saturated carbocycles.